The highest BCUT2D eigenvalue weighted by Crippen LogP contribution is 2.41. The van der Waals surface area contributed by atoms with E-state index < -0.39 is 0 Å². The van der Waals surface area contributed by atoms with E-state index in [1.807, 2.05) is 11.8 Å². The number of allylic oxidation sites excluding steroid dienone is 2. The molecule has 0 radical (unpaired) electrons. The molecule has 0 aromatic heterocycles. The van der Waals surface area contributed by atoms with Crippen molar-refractivity contribution in [2.24, 2.45) is 5.73 Å². The molecule has 0 atom stereocenters. The number of hydrogen-bond donors (Lipinski definition) is 1. The van der Waals surface area contributed by atoms with E-state index in [0.29, 0.717) is 5.41 Å². The van der Waals surface area contributed by atoms with Gasteiger partial charge in [-0.15, -0.1) is 0 Å². The number of thioether (sulfide) groups is 1. The molecule has 0 amide bonds. The fourth-order valence-corrected chi connectivity index (χ4v) is 5.91. The maximum atomic E-state index is 5.76. The van der Waals surface area contributed by atoms with Crippen LogP contribution in [-0.4, -0.2) is 6.54 Å². The lowest BCUT2D eigenvalue weighted by Crippen LogP contribution is -2.23. The summed E-state index contributed by atoms with van der Waals surface area (Å²) in [6.45, 7) is 9.97. The van der Waals surface area contributed by atoms with Crippen molar-refractivity contribution < 1.29 is 0 Å². The molecule has 2 heteroatoms. The summed E-state index contributed by atoms with van der Waals surface area (Å²) in [6.07, 6.45) is 9.34. The minimum absolute atomic E-state index is 0.302. The molecule has 0 bridgehead atoms. The normalized spacial score (nSPS) is 17.9. The van der Waals surface area contributed by atoms with E-state index in [0.717, 1.165) is 25.8 Å². The first kappa shape index (κ1) is 21.5. The highest BCUT2D eigenvalue weighted by Gasteiger charge is 2.27. The lowest BCUT2D eigenvalue weighted by Gasteiger charge is -2.33. The van der Waals surface area contributed by atoms with Crippen molar-refractivity contribution in [1.82, 2.24) is 0 Å². The minimum Gasteiger partial charge on any atom is -0.330 e. The Kier molecular flexibility index (Phi) is 6.27. The second kappa shape index (κ2) is 8.77. The molecule has 1 nitrogen and oxygen atoms in total. The van der Waals surface area contributed by atoms with Crippen molar-refractivity contribution in [2.75, 3.05) is 6.54 Å². The third-order valence-electron chi connectivity index (χ3n) is 6.90. The molecule has 30 heavy (non-hydrogen) atoms. The topological polar surface area (TPSA) is 26.0 Å². The molecule has 0 saturated heterocycles. The van der Waals surface area contributed by atoms with Gasteiger partial charge in [-0.25, -0.2) is 0 Å². The standard InChI is InChI=1S/C28H35NS/c1-19-15-25(20(2)14-23(19)11-13-29)16-21-7-10-27(30-18-21)24-9-8-22-6-5-12-28(3,4)26(22)17-24/h8-10,14-15,17-18H,5-7,11-13,16,29H2,1-4H3. The van der Waals surface area contributed by atoms with Gasteiger partial charge in [-0.05, 0) is 115 Å². The number of rotatable bonds is 5. The summed E-state index contributed by atoms with van der Waals surface area (Å²) in [5.41, 5.74) is 17.7. The number of aryl methyl sites for hydroxylation is 3. The first-order chi connectivity index (χ1) is 14.4. The van der Waals surface area contributed by atoms with E-state index in [-0.39, 0.29) is 0 Å². The Balaban J connectivity index is 1.48. The van der Waals surface area contributed by atoms with Crippen LogP contribution in [0.1, 0.15) is 72.1 Å². The van der Waals surface area contributed by atoms with Crippen LogP contribution >= 0.6 is 11.8 Å². The molecule has 1 aliphatic heterocycles. The van der Waals surface area contributed by atoms with Crippen LogP contribution in [0.3, 0.4) is 0 Å². The van der Waals surface area contributed by atoms with Crippen LogP contribution in [0.2, 0.25) is 0 Å². The number of benzene rings is 2. The van der Waals surface area contributed by atoms with Crippen molar-refractivity contribution in [1.29, 1.82) is 0 Å². The highest BCUT2D eigenvalue weighted by atomic mass is 32.2. The molecule has 4 rings (SSSR count). The van der Waals surface area contributed by atoms with Crippen LogP contribution in [0, 0.1) is 13.8 Å². The van der Waals surface area contributed by atoms with Crippen molar-refractivity contribution in [3.63, 3.8) is 0 Å². The van der Waals surface area contributed by atoms with E-state index in [1.165, 1.54) is 57.6 Å². The third-order valence-corrected chi connectivity index (χ3v) is 8.01. The molecular weight excluding hydrogens is 382 g/mol. The summed E-state index contributed by atoms with van der Waals surface area (Å²) >= 11 is 1.90. The summed E-state index contributed by atoms with van der Waals surface area (Å²) < 4.78 is 0. The van der Waals surface area contributed by atoms with Crippen molar-refractivity contribution in [2.45, 2.75) is 71.6 Å². The SMILES string of the molecule is Cc1cc(CC2=CSC(c3ccc4c(c3)C(C)(C)CCC4)=CC2)c(C)cc1CCN. The number of fused-ring (bicyclic) bond motifs is 1. The predicted molar refractivity (Wildman–Crippen MR) is 133 cm³/mol. The van der Waals surface area contributed by atoms with Gasteiger partial charge in [0.25, 0.3) is 0 Å². The molecule has 2 aromatic rings. The Bertz CT molecular complexity index is 1010. The second-order valence-electron chi connectivity index (χ2n) is 9.70. The lowest BCUT2D eigenvalue weighted by molar-refractivity contribution is 0.432. The first-order valence-electron chi connectivity index (χ1n) is 11.3. The van der Waals surface area contributed by atoms with Gasteiger partial charge in [0, 0.05) is 4.91 Å². The maximum absolute atomic E-state index is 5.76. The quantitative estimate of drug-likeness (QED) is 0.565. The molecule has 2 aromatic carbocycles. The van der Waals surface area contributed by atoms with E-state index in [2.05, 4.69) is 69.5 Å². The molecule has 158 valence electrons. The maximum Gasteiger partial charge on any atom is 0.0152 e. The third kappa shape index (κ3) is 4.45. The number of nitrogens with two attached hydrogens (primary N) is 1. The molecule has 2 N–H and O–H groups in total. The van der Waals surface area contributed by atoms with Crippen LogP contribution in [0.15, 0.2) is 47.4 Å². The van der Waals surface area contributed by atoms with Crippen LogP contribution in [0.4, 0.5) is 0 Å². The van der Waals surface area contributed by atoms with E-state index in [4.69, 9.17) is 5.73 Å². The summed E-state index contributed by atoms with van der Waals surface area (Å²) in [4.78, 5) is 1.41. The van der Waals surface area contributed by atoms with E-state index in [9.17, 15) is 0 Å². The number of hydrogen-bond acceptors (Lipinski definition) is 2. The Morgan fingerprint density at radius 3 is 2.53 bits per heavy atom. The lowest BCUT2D eigenvalue weighted by atomic mass is 9.72. The first-order valence-corrected chi connectivity index (χ1v) is 12.2. The summed E-state index contributed by atoms with van der Waals surface area (Å²) in [7, 11) is 0. The van der Waals surface area contributed by atoms with Gasteiger partial charge in [0.2, 0.25) is 0 Å². The molecule has 0 saturated carbocycles. The Morgan fingerprint density at radius 2 is 1.80 bits per heavy atom. The predicted octanol–water partition coefficient (Wildman–Crippen LogP) is 7.02. The molecule has 1 heterocycles. The molecule has 0 spiro atoms. The minimum atomic E-state index is 0.302. The molecular formula is C28H35NS. The van der Waals surface area contributed by atoms with Gasteiger partial charge >= 0.3 is 0 Å². The van der Waals surface area contributed by atoms with Crippen LogP contribution in [0.5, 0.6) is 0 Å². The molecule has 1 aliphatic carbocycles. The highest BCUT2D eigenvalue weighted by molar-refractivity contribution is 8.11. The van der Waals surface area contributed by atoms with E-state index in [1.54, 1.807) is 11.1 Å². The van der Waals surface area contributed by atoms with Crippen LogP contribution in [-0.2, 0) is 24.7 Å². The van der Waals surface area contributed by atoms with Gasteiger partial charge in [0.1, 0.15) is 0 Å². The van der Waals surface area contributed by atoms with Crippen LogP contribution < -0.4 is 5.73 Å². The largest absolute Gasteiger partial charge is 0.330 e. The monoisotopic (exact) mass is 417 g/mol. The average molecular weight is 418 g/mol. The molecule has 2 aliphatic rings. The van der Waals surface area contributed by atoms with Gasteiger partial charge < -0.3 is 5.73 Å². The Morgan fingerprint density at radius 1 is 1.03 bits per heavy atom. The fraction of sp³-hybridized carbons (Fsp3) is 0.429. The average Bonchev–Trinajstić information content (AvgIpc) is 2.72. The van der Waals surface area contributed by atoms with Crippen LogP contribution in [0.25, 0.3) is 4.91 Å². The zero-order chi connectivity index (χ0) is 21.3. The summed E-state index contributed by atoms with van der Waals surface area (Å²) in [5, 5.41) is 2.39. The fourth-order valence-electron chi connectivity index (χ4n) is 5.00. The van der Waals surface area contributed by atoms with Gasteiger partial charge in [-0.1, -0.05) is 61.5 Å². The van der Waals surface area contributed by atoms with Crippen molar-refractivity contribution >= 4 is 16.7 Å². The van der Waals surface area contributed by atoms with Gasteiger partial charge in [-0.3, -0.25) is 0 Å². The van der Waals surface area contributed by atoms with Crippen molar-refractivity contribution in [3.8, 4) is 0 Å². The Labute approximate surface area is 186 Å². The van der Waals surface area contributed by atoms with Gasteiger partial charge in [0.05, 0.1) is 0 Å². The second-order valence-corrected chi connectivity index (χ2v) is 10.6. The zero-order valence-corrected chi connectivity index (χ0v) is 19.8. The Hall–Kier alpha value is -1.77. The van der Waals surface area contributed by atoms with Gasteiger partial charge in [0.15, 0.2) is 0 Å². The summed E-state index contributed by atoms with van der Waals surface area (Å²) in [6, 6.07) is 11.9. The zero-order valence-electron chi connectivity index (χ0n) is 19.0. The molecule has 0 unspecified atom stereocenters. The van der Waals surface area contributed by atoms with Crippen molar-refractivity contribution in [3.05, 3.63) is 86.3 Å². The van der Waals surface area contributed by atoms with E-state index >= 15 is 0 Å². The molecule has 0 fully saturated rings. The summed E-state index contributed by atoms with van der Waals surface area (Å²) in [5.74, 6) is 0. The van der Waals surface area contributed by atoms with Gasteiger partial charge in [-0.2, -0.15) is 0 Å². The smallest absolute Gasteiger partial charge is 0.0152 e.